The minimum absolute atomic E-state index is 0.314. The maximum absolute atomic E-state index is 9.92. The second-order valence-corrected chi connectivity index (χ2v) is 4.69. The highest BCUT2D eigenvalue weighted by atomic mass is 16.3. The summed E-state index contributed by atoms with van der Waals surface area (Å²) in [5, 5.41) is 24.1. The molecule has 4 nitrogen and oxygen atoms in total. The molecule has 0 saturated heterocycles. The Hall–Kier alpha value is -0.870. The fourth-order valence-electron chi connectivity index (χ4n) is 2.12. The third-order valence-corrected chi connectivity index (χ3v) is 3.20. The van der Waals surface area contributed by atoms with E-state index in [1.807, 2.05) is 24.6 Å². The summed E-state index contributed by atoms with van der Waals surface area (Å²) in [6.45, 7) is 4.77. The molecule has 1 aliphatic carbocycles. The summed E-state index contributed by atoms with van der Waals surface area (Å²) in [7, 11) is 0. The van der Waals surface area contributed by atoms with Gasteiger partial charge in [-0.25, -0.2) is 0 Å². The predicted octanol–water partition coefficient (Wildman–Crippen LogP) is 0.886. The lowest BCUT2D eigenvalue weighted by molar-refractivity contribution is 0.00569. The highest BCUT2D eigenvalue weighted by Crippen LogP contribution is 2.34. The first-order chi connectivity index (χ1) is 7.61. The third-order valence-electron chi connectivity index (χ3n) is 3.20. The molecule has 0 spiro atoms. The van der Waals surface area contributed by atoms with E-state index in [0.717, 1.165) is 30.8 Å². The van der Waals surface area contributed by atoms with Gasteiger partial charge in [0.1, 0.15) is 0 Å². The van der Waals surface area contributed by atoms with E-state index in [1.165, 1.54) is 0 Å². The zero-order valence-electron chi connectivity index (χ0n) is 9.93. The van der Waals surface area contributed by atoms with Crippen LogP contribution in [0, 0.1) is 12.8 Å². The Bertz CT molecular complexity index is 358. The molecular formula is C12H20N2O2. The number of hydrogen-bond acceptors (Lipinski definition) is 3. The molecular weight excluding hydrogens is 204 g/mol. The molecule has 0 amide bonds. The maximum Gasteiger partial charge on any atom is 0.0856 e. The standard InChI is InChI=1S/C12H20N2O2/c1-3-14-10(6-8(2)13-14)7-11(15)12(16)9-4-5-9/h6,9,11-12,15-16H,3-5,7H2,1-2H3. The molecule has 0 aliphatic heterocycles. The van der Waals surface area contributed by atoms with Crippen LogP contribution in [0.25, 0.3) is 0 Å². The number of nitrogens with zero attached hydrogens (tertiary/aromatic N) is 2. The first-order valence-corrected chi connectivity index (χ1v) is 6.01. The molecule has 1 saturated carbocycles. The van der Waals surface area contributed by atoms with Crippen LogP contribution < -0.4 is 0 Å². The monoisotopic (exact) mass is 224 g/mol. The Labute approximate surface area is 95.9 Å². The second kappa shape index (κ2) is 4.55. The second-order valence-electron chi connectivity index (χ2n) is 4.69. The molecule has 1 aromatic rings. The minimum Gasteiger partial charge on any atom is -0.390 e. The summed E-state index contributed by atoms with van der Waals surface area (Å²) in [5.41, 5.74) is 1.97. The Balaban J connectivity index is 2.01. The number of hydrogen-bond donors (Lipinski definition) is 2. The Morgan fingerprint density at radius 1 is 1.50 bits per heavy atom. The summed E-state index contributed by atoms with van der Waals surface area (Å²) in [5.74, 6) is 0.314. The van der Waals surface area contributed by atoms with Gasteiger partial charge < -0.3 is 10.2 Å². The minimum atomic E-state index is -0.658. The van der Waals surface area contributed by atoms with Crippen molar-refractivity contribution in [1.82, 2.24) is 9.78 Å². The van der Waals surface area contributed by atoms with Crippen molar-refractivity contribution in [1.29, 1.82) is 0 Å². The van der Waals surface area contributed by atoms with E-state index in [0.29, 0.717) is 12.3 Å². The lowest BCUT2D eigenvalue weighted by Gasteiger charge is -2.17. The van der Waals surface area contributed by atoms with Gasteiger partial charge in [-0.3, -0.25) is 4.68 Å². The van der Waals surface area contributed by atoms with Crippen LogP contribution >= 0.6 is 0 Å². The van der Waals surface area contributed by atoms with Crippen molar-refractivity contribution in [2.75, 3.05) is 0 Å². The van der Waals surface area contributed by atoms with E-state index >= 15 is 0 Å². The van der Waals surface area contributed by atoms with Gasteiger partial charge in [0, 0.05) is 18.7 Å². The summed E-state index contributed by atoms with van der Waals surface area (Å²) in [6.07, 6.45) is 1.36. The van der Waals surface area contributed by atoms with Gasteiger partial charge in [0.2, 0.25) is 0 Å². The molecule has 2 N–H and O–H groups in total. The summed E-state index contributed by atoms with van der Waals surface area (Å²) in [4.78, 5) is 0. The van der Waals surface area contributed by atoms with Crippen LogP contribution in [0.1, 0.15) is 31.2 Å². The summed E-state index contributed by atoms with van der Waals surface area (Å²) in [6, 6.07) is 1.98. The average molecular weight is 224 g/mol. The maximum atomic E-state index is 9.92. The van der Waals surface area contributed by atoms with E-state index in [-0.39, 0.29) is 0 Å². The van der Waals surface area contributed by atoms with Gasteiger partial charge in [-0.15, -0.1) is 0 Å². The zero-order valence-corrected chi connectivity index (χ0v) is 9.93. The van der Waals surface area contributed by atoms with Crippen LogP contribution in [-0.4, -0.2) is 32.2 Å². The van der Waals surface area contributed by atoms with Crippen molar-refractivity contribution in [3.05, 3.63) is 17.5 Å². The van der Waals surface area contributed by atoms with Crippen LogP contribution in [0.2, 0.25) is 0 Å². The van der Waals surface area contributed by atoms with Crippen LogP contribution in [0.4, 0.5) is 0 Å². The lowest BCUT2D eigenvalue weighted by Crippen LogP contribution is -2.30. The SMILES string of the molecule is CCn1nc(C)cc1CC(O)C(O)C1CC1. The van der Waals surface area contributed by atoms with Crippen molar-refractivity contribution in [3.8, 4) is 0 Å². The molecule has 2 atom stereocenters. The van der Waals surface area contributed by atoms with Gasteiger partial charge in [-0.05, 0) is 38.7 Å². The van der Waals surface area contributed by atoms with Crippen LogP contribution in [0.3, 0.4) is 0 Å². The van der Waals surface area contributed by atoms with E-state index in [1.54, 1.807) is 0 Å². The Morgan fingerprint density at radius 3 is 2.75 bits per heavy atom. The molecule has 1 aliphatic rings. The van der Waals surface area contributed by atoms with Gasteiger partial charge in [0.15, 0.2) is 0 Å². The average Bonchev–Trinajstić information content (AvgIpc) is 3.03. The number of aromatic nitrogens is 2. The van der Waals surface area contributed by atoms with Crippen LogP contribution in [0.15, 0.2) is 6.07 Å². The topological polar surface area (TPSA) is 58.3 Å². The highest BCUT2D eigenvalue weighted by Gasteiger charge is 2.34. The van der Waals surface area contributed by atoms with E-state index in [2.05, 4.69) is 5.10 Å². The Kier molecular flexibility index (Phi) is 3.30. The first-order valence-electron chi connectivity index (χ1n) is 6.01. The fourth-order valence-corrected chi connectivity index (χ4v) is 2.12. The molecule has 90 valence electrons. The van der Waals surface area contributed by atoms with E-state index < -0.39 is 12.2 Å². The molecule has 0 bridgehead atoms. The van der Waals surface area contributed by atoms with Crippen LogP contribution in [0.5, 0.6) is 0 Å². The van der Waals surface area contributed by atoms with Gasteiger partial charge in [0.25, 0.3) is 0 Å². The zero-order chi connectivity index (χ0) is 11.7. The first kappa shape index (κ1) is 11.6. The van der Waals surface area contributed by atoms with Crippen molar-refractivity contribution >= 4 is 0 Å². The molecule has 1 aromatic heterocycles. The molecule has 0 aromatic carbocycles. The van der Waals surface area contributed by atoms with Crippen molar-refractivity contribution in [2.45, 2.75) is 51.9 Å². The number of aliphatic hydroxyl groups excluding tert-OH is 2. The smallest absolute Gasteiger partial charge is 0.0856 e. The molecule has 1 heterocycles. The molecule has 2 rings (SSSR count). The summed E-state index contributed by atoms with van der Waals surface area (Å²) >= 11 is 0. The number of aliphatic hydroxyl groups is 2. The normalized spacial score (nSPS) is 19.8. The quantitative estimate of drug-likeness (QED) is 0.780. The number of rotatable bonds is 5. The molecule has 16 heavy (non-hydrogen) atoms. The van der Waals surface area contributed by atoms with Crippen LogP contribution in [-0.2, 0) is 13.0 Å². The van der Waals surface area contributed by atoms with Gasteiger partial charge in [0.05, 0.1) is 17.9 Å². The summed E-state index contributed by atoms with van der Waals surface area (Å²) < 4.78 is 1.89. The molecule has 1 fully saturated rings. The fraction of sp³-hybridized carbons (Fsp3) is 0.750. The third kappa shape index (κ3) is 2.44. The Morgan fingerprint density at radius 2 is 2.19 bits per heavy atom. The lowest BCUT2D eigenvalue weighted by atomic mass is 10.0. The molecule has 2 unspecified atom stereocenters. The van der Waals surface area contributed by atoms with E-state index in [9.17, 15) is 10.2 Å². The van der Waals surface area contributed by atoms with Crippen molar-refractivity contribution in [2.24, 2.45) is 5.92 Å². The van der Waals surface area contributed by atoms with Gasteiger partial charge >= 0.3 is 0 Å². The van der Waals surface area contributed by atoms with E-state index in [4.69, 9.17) is 0 Å². The highest BCUT2D eigenvalue weighted by molar-refractivity contribution is 5.10. The molecule has 4 heteroatoms. The van der Waals surface area contributed by atoms with Gasteiger partial charge in [-0.2, -0.15) is 5.10 Å². The predicted molar refractivity (Wildman–Crippen MR) is 61.1 cm³/mol. The van der Waals surface area contributed by atoms with Crippen molar-refractivity contribution < 1.29 is 10.2 Å². The van der Waals surface area contributed by atoms with Gasteiger partial charge in [-0.1, -0.05) is 0 Å². The largest absolute Gasteiger partial charge is 0.390 e. The molecule has 0 radical (unpaired) electrons. The number of aryl methyl sites for hydroxylation is 2. The van der Waals surface area contributed by atoms with Crippen molar-refractivity contribution in [3.63, 3.8) is 0 Å².